The molecular formula is C14H18N2O3. The molecule has 0 saturated carbocycles. The van der Waals surface area contributed by atoms with Crippen molar-refractivity contribution in [3.05, 3.63) is 33.9 Å². The van der Waals surface area contributed by atoms with Crippen LogP contribution in [0.2, 0.25) is 0 Å². The maximum Gasteiger partial charge on any atom is 0.280 e. The fraction of sp³-hybridized carbons (Fsp3) is 0.500. The zero-order valence-electron chi connectivity index (χ0n) is 11.3. The fourth-order valence-electron chi connectivity index (χ4n) is 2.64. The summed E-state index contributed by atoms with van der Waals surface area (Å²) in [5, 5.41) is 10.8. The van der Waals surface area contributed by atoms with E-state index in [4.69, 9.17) is 0 Å². The number of anilines is 1. The lowest BCUT2D eigenvalue weighted by Gasteiger charge is -2.39. The molecule has 1 heterocycles. The van der Waals surface area contributed by atoms with Crippen molar-refractivity contribution in [2.45, 2.75) is 26.7 Å². The van der Waals surface area contributed by atoms with Crippen LogP contribution in [0.3, 0.4) is 0 Å². The molecule has 2 rings (SSSR count). The van der Waals surface area contributed by atoms with E-state index in [1.54, 1.807) is 12.1 Å². The summed E-state index contributed by atoms with van der Waals surface area (Å²) in [4.78, 5) is 23.5. The second-order valence-electron chi connectivity index (χ2n) is 5.81. The second kappa shape index (κ2) is 4.99. The first-order valence-corrected chi connectivity index (χ1v) is 6.41. The lowest BCUT2D eigenvalue weighted by Crippen LogP contribution is -2.40. The Kier molecular flexibility index (Phi) is 3.55. The lowest BCUT2D eigenvalue weighted by molar-refractivity contribution is -0.385. The summed E-state index contributed by atoms with van der Waals surface area (Å²) in [5.41, 5.74) is 1.14. The molecule has 102 valence electrons. The molecule has 1 aromatic rings. The van der Waals surface area contributed by atoms with Crippen molar-refractivity contribution in [2.75, 3.05) is 18.0 Å². The smallest absolute Gasteiger partial charge is 0.280 e. The number of carbonyl (C=O) groups is 1. The SMILES string of the molecule is CC1(C)CCCN(c2ccc([N+](=O)[O-])c(C=O)c2)C1. The van der Waals surface area contributed by atoms with Crippen LogP contribution in [0.1, 0.15) is 37.0 Å². The molecule has 5 nitrogen and oxygen atoms in total. The van der Waals surface area contributed by atoms with Crippen molar-refractivity contribution >= 4 is 17.7 Å². The summed E-state index contributed by atoms with van der Waals surface area (Å²) >= 11 is 0. The monoisotopic (exact) mass is 262 g/mol. The number of nitrogens with zero attached hydrogens (tertiary/aromatic N) is 2. The Labute approximate surface area is 112 Å². The quantitative estimate of drug-likeness (QED) is 0.477. The van der Waals surface area contributed by atoms with E-state index in [2.05, 4.69) is 18.7 Å². The number of benzene rings is 1. The third-order valence-corrected chi connectivity index (χ3v) is 3.60. The van der Waals surface area contributed by atoms with Gasteiger partial charge in [0.15, 0.2) is 6.29 Å². The molecule has 1 saturated heterocycles. The van der Waals surface area contributed by atoms with Crippen molar-refractivity contribution in [1.29, 1.82) is 0 Å². The number of hydrogen-bond donors (Lipinski definition) is 0. The van der Waals surface area contributed by atoms with E-state index in [-0.39, 0.29) is 16.7 Å². The number of piperidine rings is 1. The van der Waals surface area contributed by atoms with Gasteiger partial charge in [-0.3, -0.25) is 14.9 Å². The molecule has 0 unspecified atom stereocenters. The van der Waals surface area contributed by atoms with E-state index in [1.165, 1.54) is 12.5 Å². The Bertz CT molecular complexity index is 511. The first-order valence-electron chi connectivity index (χ1n) is 6.41. The average Bonchev–Trinajstić information content (AvgIpc) is 2.36. The highest BCUT2D eigenvalue weighted by molar-refractivity contribution is 5.83. The third kappa shape index (κ3) is 2.92. The number of carbonyl (C=O) groups excluding carboxylic acids is 1. The molecule has 0 bridgehead atoms. The molecular weight excluding hydrogens is 244 g/mol. The van der Waals surface area contributed by atoms with E-state index in [0.717, 1.165) is 25.2 Å². The highest BCUT2D eigenvalue weighted by Gasteiger charge is 2.27. The minimum absolute atomic E-state index is 0.130. The lowest BCUT2D eigenvalue weighted by atomic mass is 9.84. The van der Waals surface area contributed by atoms with Gasteiger partial charge in [-0.25, -0.2) is 0 Å². The van der Waals surface area contributed by atoms with Crippen LogP contribution >= 0.6 is 0 Å². The van der Waals surface area contributed by atoms with E-state index in [1.807, 2.05) is 0 Å². The maximum absolute atomic E-state index is 11.0. The zero-order chi connectivity index (χ0) is 14.0. The fourth-order valence-corrected chi connectivity index (χ4v) is 2.64. The highest BCUT2D eigenvalue weighted by atomic mass is 16.6. The molecule has 1 aliphatic heterocycles. The normalized spacial score (nSPS) is 18.1. The zero-order valence-corrected chi connectivity index (χ0v) is 11.3. The Morgan fingerprint density at radius 1 is 1.42 bits per heavy atom. The molecule has 0 aromatic heterocycles. The topological polar surface area (TPSA) is 63.4 Å². The van der Waals surface area contributed by atoms with Gasteiger partial charge in [0.25, 0.3) is 5.69 Å². The van der Waals surface area contributed by atoms with Crippen molar-refractivity contribution in [3.8, 4) is 0 Å². The van der Waals surface area contributed by atoms with Gasteiger partial charge in [-0.15, -0.1) is 0 Å². The maximum atomic E-state index is 11.0. The van der Waals surface area contributed by atoms with Gasteiger partial charge in [0.1, 0.15) is 0 Å². The number of aldehydes is 1. The Morgan fingerprint density at radius 2 is 2.16 bits per heavy atom. The summed E-state index contributed by atoms with van der Waals surface area (Å²) < 4.78 is 0. The Balaban J connectivity index is 2.31. The van der Waals surface area contributed by atoms with Gasteiger partial charge < -0.3 is 4.90 Å². The predicted molar refractivity (Wildman–Crippen MR) is 73.7 cm³/mol. The molecule has 0 spiro atoms. The van der Waals surface area contributed by atoms with Gasteiger partial charge in [-0.1, -0.05) is 13.8 Å². The van der Waals surface area contributed by atoms with Crippen LogP contribution in [0.15, 0.2) is 18.2 Å². The predicted octanol–water partition coefficient (Wildman–Crippen LogP) is 3.03. The van der Waals surface area contributed by atoms with Crippen LogP contribution in [0, 0.1) is 15.5 Å². The first-order chi connectivity index (χ1) is 8.93. The minimum Gasteiger partial charge on any atom is -0.371 e. The molecule has 1 aliphatic rings. The standard InChI is InChI=1S/C14H18N2O3/c1-14(2)6-3-7-15(10-14)12-4-5-13(16(18)19)11(8-12)9-17/h4-5,8-9H,3,6-7,10H2,1-2H3. The summed E-state index contributed by atoms with van der Waals surface area (Å²) in [6.45, 7) is 6.26. The van der Waals surface area contributed by atoms with Gasteiger partial charge >= 0.3 is 0 Å². The van der Waals surface area contributed by atoms with E-state index in [9.17, 15) is 14.9 Å². The van der Waals surface area contributed by atoms with Crippen LogP contribution in [0.25, 0.3) is 0 Å². The van der Waals surface area contributed by atoms with Crippen LogP contribution in [0.4, 0.5) is 11.4 Å². The molecule has 19 heavy (non-hydrogen) atoms. The van der Waals surface area contributed by atoms with Gasteiger partial charge in [0.2, 0.25) is 0 Å². The molecule has 1 aromatic carbocycles. The van der Waals surface area contributed by atoms with Gasteiger partial charge in [0.05, 0.1) is 10.5 Å². The largest absolute Gasteiger partial charge is 0.371 e. The molecule has 5 heteroatoms. The minimum atomic E-state index is -0.520. The number of rotatable bonds is 3. The van der Waals surface area contributed by atoms with E-state index >= 15 is 0 Å². The van der Waals surface area contributed by atoms with Crippen molar-refractivity contribution in [3.63, 3.8) is 0 Å². The molecule has 0 N–H and O–H groups in total. The van der Waals surface area contributed by atoms with Crippen LogP contribution < -0.4 is 4.90 Å². The molecule has 0 radical (unpaired) electrons. The summed E-state index contributed by atoms with van der Waals surface area (Å²) in [6.07, 6.45) is 2.83. The van der Waals surface area contributed by atoms with Gasteiger partial charge in [-0.05, 0) is 30.4 Å². The van der Waals surface area contributed by atoms with Gasteiger partial charge in [0, 0.05) is 24.8 Å². The molecule has 1 fully saturated rings. The summed E-state index contributed by atoms with van der Waals surface area (Å²) in [7, 11) is 0. The Morgan fingerprint density at radius 3 is 2.74 bits per heavy atom. The molecule has 0 aliphatic carbocycles. The second-order valence-corrected chi connectivity index (χ2v) is 5.81. The summed E-state index contributed by atoms with van der Waals surface area (Å²) in [6, 6.07) is 4.76. The molecule has 0 atom stereocenters. The average molecular weight is 262 g/mol. The van der Waals surface area contributed by atoms with Crippen LogP contribution in [-0.4, -0.2) is 24.3 Å². The highest BCUT2D eigenvalue weighted by Crippen LogP contribution is 2.33. The van der Waals surface area contributed by atoms with Crippen LogP contribution in [-0.2, 0) is 0 Å². The third-order valence-electron chi connectivity index (χ3n) is 3.60. The number of nitro benzene ring substituents is 1. The van der Waals surface area contributed by atoms with E-state index < -0.39 is 4.92 Å². The van der Waals surface area contributed by atoms with Crippen LogP contribution in [0.5, 0.6) is 0 Å². The molecule has 0 amide bonds. The van der Waals surface area contributed by atoms with E-state index in [0.29, 0.717) is 6.29 Å². The van der Waals surface area contributed by atoms with Crippen molar-refractivity contribution in [1.82, 2.24) is 0 Å². The first kappa shape index (κ1) is 13.5. The number of hydrogen-bond acceptors (Lipinski definition) is 4. The van der Waals surface area contributed by atoms with Gasteiger partial charge in [-0.2, -0.15) is 0 Å². The van der Waals surface area contributed by atoms with Crippen molar-refractivity contribution < 1.29 is 9.72 Å². The van der Waals surface area contributed by atoms with Crippen molar-refractivity contribution in [2.24, 2.45) is 5.41 Å². The summed E-state index contributed by atoms with van der Waals surface area (Å²) in [5.74, 6) is 0. The number of nitro groups is 1. The Hall–Kier alpha value is -1.91.